The van der Waals surface area contributed by atoms with Crippen molar-refractivity contribution in [3.05, 3.63) is 35.9 Å². The largest absolute Gasteiger partial charge is 0.390 e. The van der Waals surface area contributed by atoms with Crippen LogP contribution in [0.1, 0.15) is 168 Å². The first-order valence-electron chi connectivity index (χ1n) is 24.8. The molecule has 10 rings (SSSR count). The first kappa shape index (κ1) is 43.5. The third-order valence-electron chi connectivity index (χ3n) is 20.9. The standard InChI is InChI=1S/C27H38N2O2.C26H40N2O2/c1-5-18-15-28-29(16-18)17-24(30)23-9-8-21-20-7-6-19-14-25(2,31)12-13-26(19,3)22(20)10-11-27(21,23)4;1-17-14-27-28(15-17)16-23(29)22-8-7-20-19-6-5-18-13-24(2,30)11-12-25(18,3)21(19)9-10-26(20,22)4/h1,15-16,19-23,31H,6-14,17H2,2-4H3;14-15,18-22,30H,5-13,16H2,1-4H3/t19-,20-,21-,22-,23+,25+,26-,27-;18-,19-,20-,21-,22+,24-,25-,26-/m00/s1. The van der Waals surface area contributed by atoms with Gasteiger partial charge in [-0.2, -0.15) is 10.2 Å². The predicted octanol–water partition coefficient (Wildman–Crippen LogP) is 10.0. The van der Waals surface area contributed by atoms with Crippen LogP contribution in [0.3, 0.4) is 0 Å². The van der Waals surface area contributed by atoms with Gasteiger partial charge in [0, 0.05) is 24.2 Å². The number of carbonyl (C=O) groups excluding carboxylic acids is 2. The molecular weight excluding hydrogens is 757 g/mol. The second-order valence-corrected chi connectivity index (χ2v) is 24.3. The number of fused-ring (bicyclic) bond motifs is 10. The summed E-state index contributed by atoms with van der Waals surface area (Å²) in [5.74, 6) is 9.45. The summed E-state index contributed by atoms with van der Waals surface area (Å²) in [6.45, 7) is 16.8. The Balaban J connectivity index is 0.000000156. The number of aromatic nitrogens is 4. The van der Waals surface area contributed by atoms with E-state index < -0.39 is 11.2 Å². The molecule has 8 saturated carbocycles. The summed E-state index contributed by atoms with van der Waals surface area (Å²) < 4.78 is 3.56. The van der Waals surface area contributed by atoms with Crippen LogP contribution in [0, 0.1) is 100 Å². The van der Waals surface area contributed by atoms with Gasteiger partial charge in [-0.05, 0) is 211 Å². The van der Waals surface area contributed by atoms with Crippen molar-refractivity contribution in [3.63, 3.8) is 0 Å². The van der Waals surface area contributed by atoms with Crippen LogP contribution in [-0.2, 0) is 22.7 Å². The monoisotopic (exact) mass is 835 g/mol. The number of ketones is 2. The Morgan fingerprint density at radius 3 is 1.48 bits per heavy atom. The Labute approximate surface area is 367 Å². The maximum absolute atomic E-state index is 13.4. The highest BCUT2D eigenvalue weighted by molar-refractivity contribution is 5.82. The SMILES string of the molecule is C#Cc1cnn(CC(=O)[C@H]2CC[C@H]3[C@@H]4CC[C@H]5C[C@](C)(O)CC[C@]5(C)[C@H]4CC[C@]23C)c1.Cc1cnn(CC(=O)[C@H]2CC[C@H]3[C@@H]4CC[C@H]5C[C@@](C)(O)CC[C@]5(C)[C@H]4CC[C@]23C)c1. The summed E-state index contributed by atoms with van der Waals surface area (Å²) in [7, 11) is 0. The molecule has 8 fully saturated rings. The van der Waals surface area contributed by atoms with Gasteiger partial charge in [-0.25, -0.2) is 0 Å². The van der Waals surface area contributed by atoms with Crippen molar-refractivity contribution in [2.75, 3.05) is 0 Å². The summed E-state index contributed by atoms with van der Waals surface area (Å²) in [5.41, 5.74) is 1.98. The van der Waals surface area contributed by atoms with E-state index in [9.17, 15) is 19.8 Å². The van der Waals surface area contributed by atoms with Crippen LogP contribution in [0.15, 0.2) is 24.8 Å². The quantitative estimate of drug-likeness (QED) is 0.281. The smallest absolute Gasteiger partial charge is 0.157 e. The minimum Gasteiger partial charge on any atom is -0.390 e. The molecule has 0 spiro atoms. The molecule has 0 aromatic carbocycles. The Hall–Kier alpha value is -2.76. The van der Waals surface area contributed by atoms with Gasteiger partial charge in [-0.3, -0.25) is 19.0 Å². The van der Waals surface area contributed by atoms with Gasteiger partial charge in [0.05, 0.1) is 42.2 Å². The van der Waals surface area contributed by atoms with Crippen molar-refractivity contribution < 1.29 is 19.8 Å². The third-order valence-corrected chi connectivity index (χ3v) is 20.9. The molecule has 0 radical (unpaired) electrons. The summed E-state index contributed by atoms with van der Waals surface area (Å²) in [4.78, 5) is 26.7. The van der Waals surface area contributed by atoms with E-state index >= 15 is 0 Å². The van der Waals surface area contributed by atoms with Crippen molar-refractivity contribution >= 4 is 11.6 Å². The summed E-state index contributed by atoms with van der Waals surface area (Å²) in [6.07, 6.45) is 33.5. The van der Waals surface area contributed by atoms with Crippen LogP contribution in [0.25, 0.3) is 0 Å². The molecule has 0 saturated heterocycles. The minimum absolute atomic E-state index is 0.129. The van der Waals surface area contributed by atoms with Crippen LogP contribution in [0.2, 0.25) is 0 Å². The maximum Gasteiger partial charge on any atom is 0.157 e. The fourth-order valence-electron chi connectivity index (χ4n) is 17.5. The van der Waals surface area contributed by atoms with Crippen LogP contribution >= 0.6 is 0 Å². The van der Waals surface area contributed by atoms with Crippen molar-refractivity contribution in [1.82, 2.24) is 19.6 Å². The number of rotatable bonds is 6. The highest BCUT2D eigenvalue weighted by atomic mass is 16.3. The molecule has 2 heterocycles. The van der Waals surface area contributed by atoms with E-state index in [1.165, 1.54) is 70.6 Å². The topological polar surface area (TPSA) is 110 Å². The van der Waals surface area contributed by atoms with Gasteiger partial charge in [0.2, 0.25) is 0 Å². The van der Waals surface area contributed by atoms with Gasteiger partial charge < -0.3 is 10.2 Å². The number of carbonyl (C=O) groups is 2. The lowest BCUT2D eigenvalue weighted by molar-refractivity contribution is -0.151. The van der Waals surface area contributed by atoms with E-state index in [0.29, 0.717) is 59.2 Å². The van der Waals surface area contributed by atoms with Gasteiger partial charge in [0.1, 0.15) is 0 Å². The van der Waals surface area contributed by atoms with Gasteiger partial charge in [-0.1, -0.05) is 33.6 Å². The van der Waals surface area contributed by atoms with Gasteiger partial charge in [0.15, 0.2) is 11.6 Å². The van der Waals surface area contributed by atoms with E-state index in [0.717, 1.165) is 79.7 Å². The molecule has 8 aliphatic carbocycles. The molecule has 61 heavy (non-hydrogen) atoms. The normalized spacial score (nSPS) is 47.2. The molecule has 8 heteroatoms. The predicted molar refractivity (Wildman–Crippen MR) is 239 cm³/mol. The lowest BCUT2D eigenvalue weighted by Crippen LogP contribution is -2.55. The first-order chi connectivity index (χ1) is 28.8. The molecule has 16 atom stereocenters. The average Bonchev–Trinajstić information content (AvgIpc) is 4.00. The van der Waals surface area contributed by atoms with Gasteiger partial charge in [-0.15, -0.1) is 6.42 Å². The van der Waals surface area contributed by atoms with E-state index in [1.54, 1.807) is 10.9 Å². The van der Waals surface area contributed by atoms with Crippen molar-refractivity contribution in [3.8, 4) is 12.3 Å². The second-order valence-electron chi connectivity index (χ2n) is 24.3. The Bertz CT molecular complexity index is 2020. The number of aliphatic hydroxyl groups is 2. The third kappa shape index (κ3) is 7.44. The summed E-state index contributed by atoms with van der Waals surface area (Å²) >= 11 is 0. The van der Waals surface area contributed by atoms with E-state index in [1.807, 2.05) is 44.0 Å². The highest BCUT2D eigenvalue weighted by Crippen LogP contribution is 2.70. The molecule has 8 nitrogen and oxygen atoms in total. The Morgan fingerprint density at radius 2 is 1.05 bits per heavy atom. The van der Waals surface area contributed by atoms with Crippen molar-refractivity contribution in [2.45, 2.75) is 188 Å². The summed E-state index contributed by atoms with van der Waals surface area (Å²) in [6, 6.07) is 0. The van der Waals surface area contributed by atoms with Crippen LogP contribution in [0.4, 0.5) is 0 Å². The first-order valence-corrected chi connectivity index (χ1v) is 24.8. The molecule has 0 aliphatic heterocycles. The molecule has 2 aromatic rings. The average molecular weight is 835 g/mol. The molecule has 8 aliphatic rings. The van der Waals surface area contributed by atoms with Gasteiger partial charge >= 0.3 is 0 Å². The fourth-order valence-corrected chi connectivity index (χ4v) is 17.5. The van der Waals surface area contributed by atoms with Gasteiger partial charge in [0.25, 0.3) is 0 Å². The molecule has 334 valence electrons. The fraction of sp³-hybridized carbons (Fsp3) is 0.811. The molecule has 2 aromatic heterocycles. The molecule has 0 unspecified atom stereocenters. The molecule has 2 N–H and O–H groups in total. The number of Topliss-reactive ketones (excluding diaryl/α,β-unsaturated/α-hetero) is 2. The Kier molecular flexibility index (Phi) is 11.0. The number of hydrogen-bond acceptors (Lipinski definition) is 6. The highest BCUT2D eigenvalue weighted by Gasteiger charge is 2.63. The van der Waals surface area contributed by atoms with E-state index in [-0.39, 0.29) is 22.7 Å². The molecule has 0 amide bonds. The Morgan fingerprint density at radius 1 is 0.607 bits per heavy atom. The number of nitrogens with zero attached hydrogens (tertiary/aromatic N) is 4. The number of hydrogen-bond donors (Lipinski definition) is 2. The zero-order valence-electron chi connectivity index (χ0n) is 38.8. The maximum atomic E-state index is 13.4. The molecular formula is C53H78N4O4. The van der Waals surface area contributed by atoms with Crippen molar-refractivity contribution in [1.29, 1.82) is 0 Å². The van der Waals surface area contributed by atoms with E-state index in [2.05, 4.69) is 43.8 Å². The molecule has 0 bridgehead atoms. The number of terminal acetylenes is 1. The van der Waals surface area contributed by atoms with E-state index in [4.69, 9.17) is 6.42 Å². The lowest BCUT2D eigenvalue weighted by atomic mass is 9.44. The zero-order chi connectivity index (χ0) is 43.3. The second kappa shape index (κ2) is 15.5. The van der Waals surface area contributed by atoms with Crippen molar-refractivity contribution in [2.24, 2.45) is 80.8 Å². The van der Waals surface area contributed by atoms with Crippen LogP contribution < -0.4 is 0 Å². The zero-order valence-corrected chi connectivity index (χ0v) is 38.8. The minimum atomic E-state index is -0.475. The lowest BCUT2D eigenvalue weighted by Gasteiger charge is -2.61. The summed E-state index contributed by atoms with van der Waals surface area (Å²) in [5, 5.41) is 30.0. The number of aryl methyl sites for hydroxylation is 1. The van der Waals surface area contributed by atoms with Crippen LogP contribution in [0.5, 0.6) is 0 Å². The van der Waals surface area contributed by atoms with Crippen LogP contribution in [-0.4, -0.2) is 52.5 Å².